The highest BCUT2D eigenvalue weighted by molar-refractivity contribution is 5.87. The van der Waals surface area contributed by atoms with Gasteiger partial charge in [0.15, 0.2) is 6.10 Å². The number of ether oxygens (including phenoxy) is 1. The summed E-state index contributed by atoms with van der Waals surface area (Å²) >= 11 is 0. The van der Waals surface area contributed by atoms with Crippen LogP contribution in [0, 0.1) is 13.8 Å². The second-order valence-electron chi connectivity index (χ2n) is 6.44. The van der Waals surface area contributed by atoms with Crippen LogP contribution >= 0.6 is 0 Å². The fourth-order valence-electron chi connectivity index (χ4n) is 2.97. The maximum absolute atomic E-state index is 12.5. The van der Waals surface area contributed by atoms with Gasteiger partial charge in [-0.15, -0.1) is 0 Å². The zero-order chi connectivity index (χ0) is 18.0. The van der Waals surface area contributed by atoms with Gasteiger partial charge in [-0.25, -0.2) is 4.79 Å². The lowest BCUT2D eigenvalue weighted by molar-refractivity contribution is -0.142. The van der Waals surface area contributed by atoms with Crippen molar-refractivity contribution < 1.29 is 19.4 Å². The van der Waals surface area contributed by atoms with Gasteiger partial charge in [-0.3, -0.25) is 4.79 Å². The van der Waals surface area contributed by atoms with E-state index in [-0.39, 0.29) is 6.42 Å². The van der Waals surface area contributed by atoms with Crippen molar-refractivity contribution in [1.82, 2.24) is 5.32 Å². The summed E-state index contributed by atoms with van der Waals surface area (Å²) in [7, 11) is 0. The Morgan fingerprint density at radius 2 is 1.88 bits per heavy atom. The van der Waals surface area contributed by atoms with Crippen LogP contribution in [0.5, 0.6) is 5.75 Å². The van der Waals surface area contributed by atoms with Gasteiger partial charge >= 0.3 is 5.97 Å². The molecule has 1 aliphatic heterocycles. The lowest BCUT2D eigenvalue weighted by atomic mass is 10.0. The van der Waals surface area contributed by atoms with Crippen LogP contribution in [0.2, 0.25) is 0 Å². The van der Waals surface area contributed by atoms with E-state index in [1.54, 1.807) is 0 Å². The first kappa shape index (κ1) is 17.0. The average Bonchev–Trinajstić information content (AvgIpc) is 2.98. The minimum atomic E-state index is -1.06. The van der Waals surface area contributed by atoms with Crippen LogP contribution in [-0.2, 0) is 22.4 Å². The molecule has 2 atom stereocenters. The first-order valence-corrected chi connectivity index (χ1v) is 8.28. The molecule has 2 aromatic carbocycles. The van der Waals surface area contributed by atoms with E-state index in [4.69, 9.17) is 4.74 Å². The number of aryl methyl sites for hydroxylation is 2. The molecule has 0 bridgehead atoms. The molecule has 0 fully saturated rings. The smallest absolute Gasteiger partial charge is 0.326 e. The van der Waals surface area contributed by atoms with Crippen molar-refractivity contribution in [2.24, 2.45) is 0 Å². The number of aliphatic carboxylic acids is 1. The molecule has 1 unspecified atom stereocenters. The normalized spacial score (nSPS) is 16.6. The summed E-state index contributed by atoms with van der Waals surface area (Å²) in [6.45, 7) is 4.01. The number of carbonyl (C=O) groups excluding carboxylic acids is 1. The molecule has 5 heteroatoms. The van der Waals surface area contributed by atoms with Gasteiger partial charge in [0.05, 0.1) is 0 Å². The van der Waals surface area contributed by atoms with Crippen molar-refractivity contribution >= 4 is 11.9 Å². The Hall–Kier alpha value is -2.82. The molecule has 1 amide bonds. The van der Waals surface area contributed by atoms with Gasteiger partial charge in [0.25, 0.3) is 5.91 Å². The second-order valence-corrected chi connectivity index (χ2v) is 6.44. The lowest BCUT2D eigenvalue weighted by Gasteiger charge is -2.17. The minimum Gasteiger partial charge on any atom is -0.480 e. The van der Waals surface area contributed by atoms with E-state index in [0.717, 1.165) is 22.3 Å². The number of amides is 1. The Labute approximate surface area is 146 Å². The summed E-state index contributed by atoms with van der Waals surface area (Å²) in [4.78, 5) is 24.0. The van der Waals surface area contributed by atoms with Crippen molar-refractivity contribution in [2.45, 2.75) is 38.8 Å². The van der Waals surface area contributed by atoms with E-state index >= 15 is 0 Å². The van der Waals surface area contributed by atoms with Gasteiger partial charge < -0.3 is 15.2 Å². The number of hydrogen-bond donors (Lipinski definition) is 2. The third kappa shape index (κ3) is 3.82. The van der Waals surface area contributed by atoms with Gasteiger partial charge in [0.1, 0.15) is 11.8 Å². The summed E-state index contributed by atoms with van der Waals surface area (Å²) in [6, 6.07) is 12.2. The fraction of sp³-hybridized carbons (Fsp3) is 0.300. The number of hydrogen-bond acceptors (Lipinski definition) is 3. The lowest BCUT2D eigenvalue weighted by Crippen LogP contribution is -2.47. The van der Waals surface area contributed by atoms with Gasteiger partial charge in [0.2, 0.25) is 0 Å². The molecule has 25 heavy (non-hydrogen) atoms. The maximum Gasteiger partial charge on any atom is 0.326 e. The van der Waals surface area contributed by atoms with Crippen LogP contribution in [0.15, 0.2) is 42.5 Å². The monoisotopic (exact) mass is 339 g/mol. The Morgan fingerprint density at radius 3 is 2.56 bits per heavy atom. The van der Waals surface area contributed by atoms with Crippen LogP contribution in [0.4, 0.5) is 0 Å². The van der Waals surface area contributed by atoms with Crippen molar-refractivity contribution in [3.05, 3.63) is 64.7 Å². The number of nitrogens with one attached hydrogen (secondary N) is 1. The third-order valence-electron chi connectivity index (χ3n) is 4.54. The molecular formula is C20H21NO4. The van der Waals surface area contributed by atoms with Crippen LogP contribution in [-0.4, -0.2) is 29.1 Å². The summed E-state index contributed by atoms with van der Waals surface area (Å²) in [5.41, 5.74) is 4.10. The molecule has 3 rings (SSSR count). The standard InChI is InChI=1S/C20H21NO4/c1-12-8-15-11-18(25-17(15)9-13(12)2)19(22)21-16(20(23)24)10-14-6-4-3-5-7-14/h3-9,16,18H,10-11H2,1-2H3,(H,21,22)(H,23,24)/t16-,18?/m1/s1. The molecule has 0 aliphatic carbocycles. The summed E-state index contributed by atoms with van der Waals surface area (Å²) < 4.78 is 5.73. The van der Waals surface area contributed by atoms with Crippen molar-refractivity contribution in [3.63, 3.8) is 0 Å². The minimum absolute atomic E-state index is 0.236. The highest BCUT2D eigenvalue weighted by atomic mass is 16.5. The predicted octanol–water partition coefficient (Wildman–Crippen LogP) is 2.42. The Kier molecular flexibility index (Phi) is 4.74. The SMILES string of the molecule is Cc1cc2c(cc1C)OC(C(=O)N[C@H](Cc1ccccc1)C(=O)O)C2. The largest absolute Gasteiger partial charge is 0.480 e. The molecule has 0 saturated carbocycles. The molecule has 2 N–H and O–H groups in total. The van der Waals surface area contributed by atoms with E-state index in [1.165, 1.54) is 0 Å². The number of carboxylic acids is 1. The van der Waals surface area contributed by atoms with E-state index in [0.29, 0.717) is 12.2 Å². The van der Waals surface area contributed by atoms with Crippen molar-refractivity contribution in [2.75, 3.05) is 0 Å². The first-order valence-electron chi connectivity index (χ1n) is 8.28. The van der Waals surface area contributed by atoms with Crippen LogP contribution in [0.1, 0.15) is 22.3 Å². The number of rotatable bonds is 5. The highest BCUT2D eigenvalue weighted by Gasteiger charge is 2.32. The molecule has 1 aliphatic rings. The average molecular weight is 339 g/mol. The van der Waals surface area contributed by atoms with E-state index in [1.807, 2.05) is 56.3 Å². The maximum atomic E-state index is 12.5. The molecule has 2 aromatic rings. The van der Waals surface area contributed by atoms with Gasteiger partial charge in [-0.2, -0.15) is 0 Å². The molecule has 0 saturated heterocycles. The van der Waals surface area contributed by atoms with Crippen LogP contribution < -0.4 is 10.1 Å². The number of carbonyl (C=O) groups is 2. The van der Waals surface area contributed by atoms with Crippen molar-refractivity contribution in [1.29, 1.82) is 0 Å². The molecule has 5 nitrogen and oxygen atoms in total. The molecule has 0 spiro atoms. The first-order chi connectivity index (χ1) is 11.9. The molecule has 0 radical (unpaired) electrons. The number of fused-ring (bicyclic) bond motifs is 1. The summed E-state index contributed by atoms with van der Waals surface area (Å²) in [5.74, 6) is -0.743. The third-order valence-corrected chi connectivity index (χ3v) is 4.54. The Bertz CT molecular complexity index is 770. The van der Waals surface area contributed by atoms with E-state index in [9.17, 15) is 14.7 Å². The van der Waals surface area contributed by atoms with Crippen LogP contribution in [0.25, 0.3) is 0 Å². The van der Waals surface area contributed by atoms with Crippen LogP contribution in [0.3, 0.4) is 0 Å². The van der Waals surface area contributed by atoms with Crippen molar-refractivity contribution in [3.8, 4) is 5.75 Å². The van der Waals surface area contributed by atoms with E-state index in [2.05, 4.69) is 5.32 Å². The fourth-order valence-corrected chi connectivity index (χ4v) is 2.97. The summed E-state index contributed by atoms with van der Waals surface area (Å²) in [6.07, 6.45) is 0.00793. The molecule has 1 heterocycles. The second kappa shape index (κ2) is 6.97. The Balaban J connectivity index is 1.67. The number of benzene rings is 2. The zero-order valence-corrected chi connectivity index (χ0v) is 14.3. The molecule has 0 aromatic heterocycles. The highest BCUT2D eigenvalue weighted by Crippen LogP contribution is 2.31. The molecule has 130 valence electrons. The van der Waals surface area contributed by atoms with Gasteiger partial charge in [0, 0.05) is 12.8 Å². The zero-order valence-electron chi connectivity index (χ0n) is 14.3. The molecular weight excluding hydrogens is 318 g/mol. The van der Waals surface area contributed by atoms with E-state index < -0.39 is 24.0 Å². The quantitative estimate of drug-likeness (QED) is 0.877. The van der Waals surface area contributed by atoms with Gasteiger partial charge in [-0.1, -0.05) is 36.4 Å². The Morgan fingerprint density at radius 1 is 1.20 bits per heavy atom. The summed E-state index contributed by atoms with van der Waals surface area (Å²) in [5, 5.41) is 12.0. The van der Waals surface area contributed by atoms with Gasteiger partial charge in [-0.05, 0) is 42.2 Å². The number of carboxylic acid groups (broad SMARTS) is 1. The topological polar surface area (TPSA) is 75.6 Å². The predicted molar refractivity (Wildman–Crippen MR) is 93.7 cm³/mol.